The summed E-state index contributed by atoms with van der Waals surface area (Å²) in [6, 6.07) is 4.78. The van der Waals surface area contributed by atoms with Crippen LogP contribution in [0.4, 0.5) is 5.69 Å². The number of benzene rings is 1. The van der Waals surface area contributed by atoms with Gasteiger partial charge in [0.05, 0.1) is 43.7 Å². The number of nitrogens with zero attached hydrogens (tertiary/aromatic N) is 2. The Morgan fingerprint density at radius 2 is 1.86 bits per heavy atom. The number of carbonyl (C=O) groups excluding carboxylic acids is 1. The molecule has 5 nitrogen and oxygen atoms in total. The Labute approximate surface area is 176 Å². The molecule has 2 saturated heterocycles. The number of rotatable bonds is 8. The molecule has 1 aromatic carbocycles. The smallest absolute Gasteiger partial charge is 0.166 e. The van der Waals surface area contributed by atoms with Crippen molar-refractivity contribution in [3.63, 3.8) is 0 Å². The number of hydrogen-bond donors (Lipinski definition) is 0. The van der Waals surface area contributed by atoms with Gasteiger partial charge in [0, 0.05) is 12.8 Å². The van der Waals surface area contributed by atoms with Crippen LogP contribution in [0.1, 0.15) is 82.1 Å². The van der Waals surface area contributed by atoms with E-state index in [2.05, 4.69) is 11.8 Å². The number of aliphatic imine (C=N–C) groups is 1. The average Bonchev–Trinajstić information content (AvgIpc) is 2.75. The number of amidine groups is 1. The molecule has 5 heteroatoms. The van der Waals surface area contributed by atoms with Crippen molar-refractivity contribution in [2.45, 2.75) is 85.2 Å². The lowest BCUT2D eigenvalue weighted by molar-refractivity contribution is -0.0893. The lowest BCUT2D eigenvalue weighted by atomic mass is 9.90. The molecule has 0 aromatic heterocycles. The fourth-order valence-corrected chi connectivity index (χ4v) is 4.14. The second-order valence-corrected chi connectivity index (χ2v) is 7.58. The summed E-state index contributed by atoms with van der Waals surface area (Å²) in [4.78, 5) is 20.2. The Hall–Kier alpha value is -1.88. The zero-order valence-corrected chi connectivity index (χ0v) is 19.1. The quantitative estimate of drug-likeness (QED) is 0.318. The van der Waals surface area contributed by atoms with E-state index >= 15 is 0 Å². The Kier molecular flexibility index (Phi) is 9.15. The van der Waals surface area contributed by atoms with Gasteiger partial charge in [-0.15, -0.1) is 0 Å². The van der Waals surface area contributed by atoms with Crippen LogP contribution in [0, 0.1) is 6.92 Å². The molecule has 0 spiro atoms. The van der Waals surface area contributed by atoms with E-state index in [1.165, 1.54) is 6.42 Å². The van der Waals surface area contributed by atoms with Crippen molar-refractivity contribution >= 4 is 17.3 Å². The minimum Gasteiger partial charge on any atom is -0.496 e. The van der Waals surface area contributed by atoms with E-state index in [0.717, 1.165) is 56.0 Å². The maximum atomic E-state index is 12.7. The molecule has 0 aliphatic carbocycles. The molecule has 0 N–H and O–H groups in total. The normalized spacial score (nSPS) is 20.5. The molecule has 0 saturated carbocycles. The van der Waals surface area contributed by atoms with Crippen LogP contribution in [0.2, 0.25) is 0 Å². The standard InChI is InChI=1S/C22H32N2O3.C2H6/c1-5-7-9-21(24-16-12-17(24)14-27-13-16)23-18-10-11-20(26-4)22(15(18)3)19(25)8-6-2;1-2/h10-11,16-17H,5-9,12-14H2,1-4H3;1-2H3. The minimum atomic E-state index is 0.133. The summed E-state index contributed by atoms with van der Waals surface area (Å²) in [5.74, 6) is 1.92. The second-order valence-electron chi connectivity index (χ2n) is 7.58. The maximum Gasteiger partial charge on any atom is 0.166 e. The second kappa shape index (κ2) is 11.3. The minimum absolute atomic E-state index is 0.133. The van der Waals surface area contributed by atoms with Gasteiger partial charge >= 0.3 is 0 Å². The summed E-state index contributed by atoms with van der Waals surface area (Å²) in [6.07, 6.45) is 5.78. The summed E-state index contributed by atoms with van der Waals surface area (Å²) in [5, 5.41) is 0. The van der Waals surface area contributed by atoms with Crippen LogP contribution in [0.15, 0.2) is 17.1 Å². The third-order valence-corrected chi connectivity index (χ3v) is 5.63. The fraction of sp³-hybridized carbons (Fsp3) is 0.667. The van der Waals surface area contributed by atoms with E-state index in [0.29, 0.717) is 29.8 Å². The van der Waals surface area contributed by atoms with Gasteiger partial charge in [0.25, 0.3) is 0 Å². The molecular formula is C24H38N2O3. The highest BCUT2D eigenvalue weighted by atomic mass is 16.5. The van der Waals surface area contributed by atoms with E-state index in [-0.39, 0.29) is 5.78 Å². The number of ketones is 1. The van der Waals surface area contributed by atoms with Gasteiger partial charge in [0.2, 0.25) is 0 Å². The van der Waals surface area contributed by atoms with Gasteiger partial charge in [-0.2, -0.15) is 0 Å². The Bertz CT molecular complexity index is 700. The van der Waals surface area contributed by atoms with Gasteiger partial charge in [-0.3, -0.25) is 4.79 Å². The molecule has 2 atom stereocenters. The van der Waals surface area contributed by atoms with Crippen molar-refractivity contribution in [1.29, 1.82) is 0 Å². The third kappa shape index (κ3) is 5.19. The van der Waals surface area contributed by atoms with E-state index in [1.54, 1.807) is 7.11 Å². The zero-order valence-electron chi connectivity index (χ0n) is 19.1. The Morgan fingerprint density at radius 1 is 1.17 bits per heavy atom. The van der Waals surface area contributed by atoms with Crippen LogP contribution in [0.5, 0.6) is 5.75 Å². The topological polar surface area (TPSA) is 51.1 Å². The monoisotopic (exact) mass is 402 g/mol. The van der Waals surface area contributed by atoms with Crippen molar-refractivity contribution in [2.75, 3.05) is 20.3 Å². The molecule has 3 rings (SSSR count). The van der Waals surface area contributed by atoms with Gasteiger partial charge in [0.15, 0.2) is 5.78 Å². The number of morpholine rings is 1. The first-order chi connectivity index (χ1) is 14.1. The Morgan fingerprint density at radius 3 is 2.41 bits per heavy atom. The van der Waals surface area contributed by atoms with Crippen molar-refractivity contribution in [3.8, 4) is 5.75 Å². The zero-order chi connectivity index (χ0) is 21.4. The maximum absolute atomic E-state index is 12.7. The highest BCUT2D eigenvalue weighted by Gasteiger charge is 2.43. The molecule has 0 radical (unpaired) electrons. The molecule has 29 heavy (non-hydrogen) atoms. The van der Waals surface area contributed by atoms with Gasteiger partial charge in [-0.05, 0) is 43.9 Å². The third-order valence-electron chi connectivity index (χ3n) is 5.63. The molecule has 1 aromatic rings. The molecular weight excluding hydrogens is 364 g/mol. The van der Waals surface area contributed by atoms with Gasteiger partial charge in [-0.1, -0.05) is 34.1 Å². The first-order valence-corrected chi connectivity index (χ1v) is 11.2. The molecule has 2 unspecified atom stereocenters. The van der Waals surface area contributed by atoms with Crippen LogP contribution >= 0.6 is 0 Å². The number of methoxy groups -OCH3 is 1. The van der Waals surface area contributed by atoms with Crippen molar-refractivity contribution in [3.05, 3.63) is 23.3 Å². The predicted molar refractivity (Wildman–Crippen MR) is 120 cm³/mol. The van der Waals surface area contributed by atoms with Crippen LogP contribution in [-0.4, -0.2) is 48.9 Å². The lowest BCUT2D eigenvalue weighted by Gasteiger charge is -2.54. The summed E-state index contributed by atoms with van der Waals surface area (Å²) in [5.41, 5.74) is 2.48. The van der Waals surface area contributed by atoms with E-state index in [1.807, 2.05) is 39.8 Å². The number of hydrogen-bond acceptors (Lipinski definition) is 4. The van der Waals surface area contributed by atoms with E-state index in [9.17, 15) is 4.79 Å². The number of Topliss-reactive ketones (excluding diaryl/α,β-unsaturated/α-hetero) is 1. The van der Waals surface area contributed by atoms with Gasteiger partial charge in [0.1, 0.15) is 11.6 Å². The number of carbonyl (C=O) groups is 1. The number of ether oxygens (including phenoxy) is 2. The van der Waals surface area contributed by atoms with Crippen molar-refractivity contribution in [2.24, 2.45) is 4.99 Å². The first kappa shape index (κ1) is 23.4. The summed E-state index contributed by atoms with van der Waals surface area (Å²) in [6.45, 7) is 11.8. The fourth-order valence-electron chi connectivity index (χ4n) is 4.14. The highest BCUT2D eigenvalue weighted by molar-refractivity contribution is 6.01. The highest BCUT2D eigenvalue weighted by Crippen LogP contribution is 2.35. The van der Waals surface area contributed by atoms with E-state index in [4.69, 9.17) is 14.5 Å². The first-order valence-electron chi connectivity index (χ1n) is 11.2. The summed E-state index contributed by atoms with van der Waals surface area (Å²) in [7, 11) is 1.62. The van der Waals surface area contributed by atoms with Crippen LogP contribution < -0.4 is 4.74 Å². The molecule has 2 bridgehead atoms. The SMILES string of the molecule is CC.CCCCC(=Nc1ccc(OC)c(C(=O)CCC)c1C)N1C2COCC1C2. The summed E-state index contributed by atoms with van der Waals surface area (Å²) < 4.78 is 11.1. The predicted octanol–water partition coefficient (Wildman–Crippen LogP) is 5.71. The molecule has 0 amide bonds. The van der Waals surface area contributed by atoms with Crippen LogP contribution in [-0.2, 0) is 4.74 Å². The van der Waals surface area contributed by atoms with Crippen molar-refractivity contribution < 1.29 is 14.3 Å². The molecule has 2 aliphatic heterocycles. The Balaban J connectivity index is 0.00000145. The lowest BCUT2D eigenvalue weighted by Crippen LogP contribution is -2.65. The van der Waals surface area contributed by atoms with E-state index < -0.39 is 0 Å². The number of fused-ring (bicyclic) bond motifs is 2. The van der Waals surface area contributed by atoms with Crippen LogP contribution in [0.3, 0.4) is 0 Å². The van der Waals surface area contributed by atoms with Gasteiger partial charge < -0.3 is 14.4 Å². The molecule has 162 valence electrons. The summed E-state index contributed by atoms with van der Waals surface area (Å²) >= 11 is 0. The van der Waals surface area contributed by atoms with Crippen molar-refractivity contribution in [1.82, 2.24) is 4.90 Å². The van der Waals surface area contributed by atoms with Gasteiger partial charge in [-0.25, -0.2) is 4.99 Å². The largest absolute Gasteiger partial charge is 0.496 e. The molecule has 2 heterocycles. The van der Waals surface area contributed by atoms with Crippen LogP contribution in [0.25, 0.3) is 0 Å². The number of unbranched alkanes of at least 4 members (excludes halogenated alkanes) is 1. The average molecular weight is 403 g/mol. The molecule has 2 fully saturated rings. The molecule has 2 aliphatic rings.